The van der Waals surface area contributed by atoms with Gasteiger partial charge in [-0.25, -0.2) is 0 Å². The van der Waals surface area contributed by atoms with Crippen molar-refractivity contribution in [3.8, 4) is 11.5 Å². The first kappa shape index (κ1) is 17.5. The number of hydrogen-bond acceptors (Lipinski definition) is 5. The number of fused-ring (bicyclic) bond motifs is 1. The Morgan fingerprint density at radius 2 is 1.67 bits per heavy atom. The first-order chi connectivity index (χ1) is 13.0. The smallest absolute Gasteiger partial charge is 0.267 e. The third-order valence-corrected chi connectivity index (χ3v) is 4.93. The number of carbonyl (C=O) groups excluding carboxylic acids is 2. The molecule has 2 aliphatic rings. The van der Waals surface area contributed by atoms with Crippen LogP contribution in [0.15, 0.2) is 34.7 Å². The number of amides is 2. The molecule has 0 spiro atoms. The Hall–Kier alpha value is -2.96. The summed E-state index contributed by atoms with van der Waals surface area (Å²) in [5.41, 5.74) is 0.591. The van der Waals surface area contributed by atoms with Crippen LogP contribution in [0.5, 0.6) is 11.5 Å². The van der Waals surface area contributed by atoms with E-state index >= 15 is 0 Å². The summed E-state index contributed by atoms with van der Waals surface area (Å²) in [5.74, 6) is 2.43. The van der Waals surface area contributed by atoms with E-state index in [1.165, 1.54) is 0 Å². The van der Waals surface area contributed by atoms with Crippen molar-refractivity contribution in [2.45, 2.75) is 20.0 Å². The SMILES string of the molecule is Cc1cc(C(=O)N2CCN(C(=O)[C@@H]3COc4ccccc4O3)CC2)c(C)o1. The third kappa shape index (κ3) is 3.37. The van der Waals surface area contributed by atoms with Gasteiger partial charge in [-0.1, -0.05) is 12.1 Å². The second kappa shape index (κ2) is 6.98. The summed E-state index contributed by atoms with van der Waals surface area (Å²) < 4.78 is 16.9. The second-order valence-electron chi connectivity index (χ2n) is 6.81. The summed E-state index contributed by atoms with van der Waals surface area (Å²) in [7, 11) is 0. The highest BCUT2D eigenvalue weighted by atomic mass is 16.6. The number of rotatable bonds is 2. The molecule has 7 nitrogen and oxygen atoms in total. The molecular formula is C20H22N2O5. The second-order valence-corrected chi connectivity index (χ2v) is 6.81. The van der Waals surface area contributed by atoms with Crippen molar-refractivity contribution in [2.24, 2.45) is 0 Å². The molecule has 1 saturated heterocycles. The topological polar surface area (TPSA) is 72.2 Å². The van der Waals surface area contributed by atoms with Gasteiger partial charge in [0.1, 0.15) is 18.1 Å². The van der Waals surface area contributed by atoms with E-state index in [1.54, 1.807) is 28.9 Å². The molecule has 2 aromatic rings. The fourth-order valence-corrected chi connectivity index (χ4v) is 3.49. The zero-order valence-corrected chi connectivity index (χ0v) is 15.4. The molecule has 4 rings (SSSR count). The van der Waals surface area contributed by atoms with Crippen molar-refractivity contribution in [2.75, 3.05) is 32.8 Å². The van der Waals surface area contributed by atoms with E-state index in [2.05, 4.69) is 0 Å². The lowest BCUT2D eigenvalue weighted by molar-refractivity contribution is -0.142. The Bertz CT molecular complexity index is 867. The molecule has 0 aliphatic carbocycles. The van der Waals surface area contributed by atoms with Crippen LogP contribution in [0.2, 0.25) is 0 Å². The van der Waals surface area contributed by atoms with Crippen LogP contribution in [0.1, 0.15) is 21.9 Å². The molecule has 3 heterocycles. The quantitative estimate of drug-likeness (QED) is 0.809. The molecule has 1 aromatic carbocycles. The van der Waals surface area contributed by atoms with Gasteiger partial charge in [0.25, 0.3) is 11.8 Å². The maximum Gasteiger partial charge on any atom is 0.267 e. The van der Waals surface area contributed by atoms with Crippen LogP contribution in [-0.4, -0.2) is 60.5 Å². The fourth-order valence-electron chi connectivity index (χ4n) is 3.49. The average Bonchev–Trinajstić information content (AvgIpc) is 3.04. The van der Waals surface area contributed by atoms with Crippen LogP contribution in [-0.2, 0) is 4.79 Å². The summed E-state index contributed by atoms with van der Waals surface area (Å²) in [5, 5.41) is 0. The van der Waals surface area contributed by atoms with Crippen molar-refractivity contribution >= 4 is 11.8 Å². The zero-order valence-electron chi connectivity index (χ0n) is 15.4. The summed E-state index contributed by atoms with van der Waals surface area (Å²) in [4.78, 5) is 28.9. The molecule has 1 aromatic heterocycles. The van der Waals surface area contributed by atoms with Crippen molar-refractivity contribution < 1.29 is 23.5 Å². The summed E-state index contributed by atoms with van der Waals surface area (Å²) in [6.07, 6.45) is -0.652. The lowest BCUT2D eigenvalue weighted by Crippen LogP contribution is -2.55. The Kier molecular flexibility index (Phi) is 4.51. The van der Waals surface area contributed by atoms with Crippen molar-refractivity contribution in [1.82, 2.24) is 9.80 Å². The van der Waals surface area contributed by atoms with E-state index < -0.39 is 6.10 Å². The van der Waals surface area contributed by atoms with Gasteiger partial charge in [0.05, 0.1) is 5.56 Å². The molecule has 0 saturated carbocycles. The van der Waals surface area contributed by atoms with Gasteiger partial charge in [-0.15, -0.1) is 0 Å². The lowest BCUT2D eigenvalue weighted by atomic mass is 10.2. The van der Waals surface area contributed by atoms with Gasteiger partial charge in [-0.2, -0.15) is 0 Å². The molecule has 1 fully saturated rings. The Morgan fingerprint density at radius 1 is 1.00 bits per heavy atom. The van der Waals surface area contributed by atoms with Crippen molar-refractivity contribution in [3.05, 3.63) is 47.4 Å². The van der Waals surface area contributed by atoms with Gasteiger partial charge >= 0.3 is 0 Å². The average molecular weight is 370 g/mol. The van der Waals surface area contributed by atoms with E-state index in [0.29, 0.717) is 49.0 Å². The summed E-state index contributed by atoms with van der Waals surface area (Å²) in [6.45, 7) is 5.73. The standard InChI is InChI=1S/C20H22N2O5/c1-13-11-15(14(2)26-13)19(23)21-7-9-22(10-8-21)20(24)18-12-25-16-5-3-4-6-17(16)27-18/h3-6,11,18H,7-10,12H2,1-2H3/t18-/m0/s1. The molecule has 0 N–H and O–H groups in total. The monoisotopic (exact) mass is 370 g/mol. The van der Waals surface area contributed by atoms with Crippen LogP contribution in [0, 0.1) is 13.8 Å². The highest BCUT2D eigenvalue weighted by Gasteiger charge is 2.34. The van der Waals surface area contributed by atoms with Crippen molar-refractivity contribution in [3.63, 3.8) is 0 Å². The fraction of sp³-hybridized carbons (Fsp3) is 0.400. The van der Waals surface area contributed by atoms with Gasteiger partial charge in [-0.05, 0) is 32.0 Å². The van der Waals surface area contributed by atoms with Gasteiger partial charge in [0.2, 0.25) is 6.10 Å². The highest BCUT2D eigenvalue weighted by molar-refractivity contribution is 5.95. The highest BCUT2D eigenvalue weighted by Crippen LogP contribution is 2.31. The minimum atomic E-state index is -0.652. The van der Waals surface area contributed by atoms with E-state index in [0.717, 1.165) is 5.76 Å². The van der Waals surface area contributed by atoms with Gasteiger partial charge < -0.3 is 23.7 Å². The number of piperazine rings is 1. The maximum absolute atomic E-state index is 12.8. The number of aryl methyl sites for hydroxylation is 2. The number of hydrogen-bond donors (Lipinski definition) is 0. The van der Waals surface area contributed by atoms with Crippen LogP contribution >= 0.6 is 0 Å². The number of nitrogens with zero attached hydrogens (tertiary/aromatic N) is 2. The Labute approximate surface area is 157 Å². The minimum Gasteiger partial charge on any atom is -0.485 e. The Morgan fingerprint density at radius 3 is 2.33 bits per heavy atom. The van der Waals surface area contributed by atoms with Crippen LogP contribution in [0.25, 0.3) is 0 Å². The molecule has 0 radical (unpaired) electrons. The van der Waals surface area contributed by atoms with Crippen LogP contribution in [0.3, 0.4) is 0 Å². The zero-order chi connectivity index (χ0) is 19.0. The number of ether oxygens (including phenoxy) is 2. The van der Waals surface area contributed by atoms with E-state index in [9.17, 15) is 9.59 Å². The first-order valence-electron chi connectivity index (χ1n) is 9.06. The molecule has 0 bridgehead atoms. The van der Waals surface area contributed by atoms with E-state index in [4.69, 9.17) is 13.9 Å². The Balaban J connectivity index is 1.36. The number of benzene rings is 1. The van der Waals surface area contributed by atoms with E-state index in [-0.39, 0.29) is 18.4 Å². The molecule has 27 heavy (non-hydrogen) atoms. The van der Waals surface area contributed by atoms with Gasteiger partial charge in [0, 0.05) is 26.2 Å². The molecule has 0 unspecified atom stereocenters. The minimum absolute atomic E-state index is 0.0531. The molecule has 1 atom stereocenters. The molecule has 2 amide bonds. The predicted octanol–water partition coefficient (Wildman–Crippen LogP) is 2.02. The number of para-hydroxylation sites is 2. The van der Waals surface area contributed by atoms with Gasteiger partial charge in [0.15, 0.2) is 11.5 Å². The molecular weight excluding hydrogens is 348 g/mol. The normalized spacial score (nSPS) is 19.1. The molecule has 142 valence electrons. The molecule has 2 aliphatic heterocycles. The van der Waals surface area contributed by atoms with Gasteiger partial charge in [-0.3, -0.25) is 9.59 Å². The van der Waals surface area contributed by atoms with Crippen LogP contribution < -0.4 is 9.47 Å². The number of furan rings is 1. The van der Waals surface area contributed by atoms with Crippen molar-refractivity contribution in [1.29, 1.82) is 0 Å². The van der Waals surface area contributed by atoms with Crippen LogP contribution in [0.4, 0.5) is 0 Å². The molecule has 7 heteroatoms. The lowest BCUT2D eigenvalue weighted by Gasteiger charge is -2.37. The van der Waals surface area contributed by atoms with E-state index in [1.807, 2.05) is 25.1 Å². The predicted molar refractivity (Wildman–Crippen MR) is 97.0 cm³/mol. The summed E-state index contributed by atoms with van der Waals surface area (Å²) in [6, 6.07) is 9.09. The third-order valence-electron chi connectivity index (χ3n) is 4.93. The first-order valence-corrected chi connectivity index (χ1v) is 9.06. The number of carbonyl (C=O) groups is 2. The largest absolute Gasteiger partial charge is 0.485 e. The maximum atomic E-state index is 12.8. The summed E-state index contributed by atoms with van der Waals surface area (Å²) >= 11 is 0.